The molecule has 0 atom stereocenters. The second-order valence-electron chi connectivity index (χ2n) is 4.42. The first-order valence-corrected chi connectivity index (χ1v) is 5.21. The molecule has 0 aromatic carbocycles. The van der Waals surface area contributed by atoms with Crippen LogP contribution in [0.15, 0.2) is 11.1 Å². The quantitative estimate of drug-likeness (QED) is 0.711. The van der Waals surface area contributed by atoms with Gasteiger partial charge in [0, 0.05) is 11.1 Å². The molecule has 4 amide bonds. The summed E-state index contributed by atoms with van der Waals surface area (Å²) in [6.45, 7) is 7.25. The van der Waals surface area contributed by atoms with Crippen LogP contribution in [-0.4, -0.2) is 22.7 Å². The monoisotopic (exact) mass is 224 g/mol. The summed E-state index contributed by atoms with van der Waals surface area (Å²) < 4.78 is 0. The van der Waals surface area contributed by atoms with Crippen LogP contribution in [0.4, 0.5) is 4.79 Å². The van der Waals surface area contributed by atoms with Crippen molar-refractivity contribution in [2.45, 2.75) is 27.7 Å². The Morgan fingerprint density at radius 2 is 1.31 bits per heavy atom. The fraction of sp³-hybridized carbons (Fsp3) is 0.545. The summed E-state index contributed by atoms with van der Waals surface area (Å²) in [5.74, 6) is -1.34. The first kappa shape index (κ1) is 12.4. The number of nitrogens with zero attached hydrogens (tertiary/aromatic N) is 1. The van der Waals surface area contributed by atoms with E-state index in [1.54, 1.807) is 0 Å². The average Bonchev–Trinajstić information content (AvgIpc) is 2.36. The third-order valence-electron chi connectivity index (χ3n) is 2.53. The highest BCUT2D eigenvalue weighted by atomic mass is 16.2. The van der Waals surface area contributed by atoms with Crippen molar-refractivity contribution in [1.29, 1.82) is 0 Å². The van der Waals surface area contributed by atoms with Gasteiger partial charge in [0.25, 0.3) is 11.8 Å². The lowest BCUT2D eigenvalue weighted by molar-refractivity contribution is -0.134. The fourth-order valence-corrected chi connectivity index (χ4v) is 1.88. The number of amides is 4. The predicted octanol–water partition coefficient (Wildman–Crippen LogP) is 1.04. The standard InChI is InChI=1S/C11H16N2O3/c1-5(2)7-8(6(3)4)10(15)13(9(7)14)11(12)16/h5-6H,1-4H3,(H2,12,16). The van der Waals surface area contributed by atoms with Gasteiger partial charge in [0.1, 0.15) is 0 Å². The Balaban J connectivity index is 3.31. The first-order valence-electron chi connectivity index (χ1n) is 5.21. The van der Waals surface area contributed by atoms with Crippen LogP contribution < -0.4 is 5.73 Å². The van der Waals surface area contributed by atoms with E-state index < -0.39 is 17.8 Å². The molecule has 16 heavy (non-hydrogen) atoms. The van der Waals surface area contributed by atoms with Gasteiger partial charge < -0.3 is 5.73 Å². The van der Waals surface area contributed by atoms with Gasteiger partial charge in [-0.2, -0.15) is 4.90 Å². The molecule has 0 saturated carbocycles. The minimum atomic E-state index is -1.01. The third kappa shape index (κ3) is 1.73. The van der Waals surface area contributed by atoms with Gasteiger partial charge in [-0.1, -0.05) is 27.7 Å². The molecule has 2 N–H and O–H groups in total. The number of hydrogen-bond acceptors (Lipinski definition) is 3. The van der Waals surface area contributed by atoms with E-state index in [4.69, 9.17) is 5.73 Å². The van der Waals surface area contributed by atoms with E-state index in [-0.39, 0.29) is 11.8 Å². The van der Waals surface area contributed by atoms with Gasteiger partial charge >= 0.3 is 6.03 Å². The average molecular weight is 224 g/mol. The van der Waals surface area contributed by atoms with Crippen molar-refractivity contribution < 1.29 is 14.4 Å². The highest BCUT2D eigenvalue weighted by Crippen LogP contribution is 2.30. The molecule has 0 fully saturated rings. The molecule has 0 bridgehead atoms. The Morgan fingerprint density at radius 3 is 1.50 bits per heavy atom. The summed E-state index contributed by atoms with van der Waals surface area (Å²) in [5.41, 5.74) is 5.83. The van der Waals surface area contributed by atoms with E-state index in [1.807, 2.05) is 27.7 Å². The fourth-order valence-electron chi connectivity index (χ4n) is 1.88. The normalized spacial score (nSPS) is 17.0. The van der Waals surface area contributed by atoms with Crippen LogP contribution in [0.3, 0.4) is 0 Å². The van der Waals surface area contributed by atoms with Gasteiger partial charge in [0.2, 0.25) is 0 Å². The number of urea groups is 1. The number of imide groups is 3. The summed E-state index contributed by atoms with van der Waals surface area (Å²) in [6, 6.07) is -1.01. The highest BCUT2D eigenvalue weighted by Gasteiger charge is 2.42. The zero-order valence-corrected chi connectivity index (χ0v) is 9.90. The lowest BCUT2D eigenvalue weighted by Gasteiger charge is -2.10. The molecule has 5 nitrogen and oxygen atoms in total. The van der Waals surface area contributed by atoms with Crippen LogP contribution in [0.1, 0.15) is 27.7 Å². The molecule has 1 rings (SSSR count). The Hall–Kier alpha value is -1.65. The van der Waals surface area contributed by atoms with E-state index >= 15 is 0 Å². The summed E-state index contributed by atoms with van der Waals surface area (Å²) in [6.07, 6.45) is 0. The number of nitrogens with two attached hydrogens (primary N) is 1. The molecule has 1 heterocycles. The van der Waals surface area contributed by atoms with Gasteiger partial charge in [-0.3, -0.25) is 9.59 Å². The van der Waals surface area contributed by atoms with Crippen molar-refractivity contribution in [1.82, 2.24) is 4.90 Å². The van der Waals surface area contributed by atoms with Crippen LogP contribution in [-0.2, 0) is 9.59 Å². The Morgan fingerprint density at radius 1 is 1.00 bits per heavy atom. The molecule has 0 saturated heterocycles. The summed E-state index contributed by atoms with van der Waals surface area (Å²) in [5, 5.41) is 0. The maximum absolute atomic E-state index is 11.9. The van der Waals surface area contributed by atoms with Crippen molar-refractivity contribution in [2.24, 2.45) is 17.6 Å². The molecule has 0 aliphatic carbocycles. The minimum Gasteiger partial charge on any atom is -0.351 e. The molecular weight excluding hydrogens is 208 g/mol. The topological polar surface area (TPSA) is 80.5 Å². The van der Waals surface area contributed by atoms with Crippen LogP contribution in [0.25, 0.3) is 0 Å². The maximum atomic E-state index is 11.9. The zero-order chi connectivity index (χ0) is 12.6. The lowest BCUT2D eigenvalue weighted by Crippen LogP contribution is -2.41. The van der Waals surface area contributed by atoms with Crippen LogP contribution >= 0.6 is 0 Å². The van der Waals surface area contributed by atoms with Gasteiger partial charge in [0.05, 0.1) is 0 Å². The number of carbonyl (C=O) groups is 3. The summed E-state index contributed by atoms with van der Waals surface area (Å²) in [7, 11) is 0. The molecule has 1 aliphatic rings. The van der Waals surface area contributed by atoms with E-state index in [0.717, 1.165) is 0 Å². The molecule has 88 valence electrons. The van der Waals surface area contributed by atoms with Crippen molar-refractivity contribution in [2.75, 3.05) is 0 Å². The molecule has 0 spiro atoms. The minimum absolute atomic E-state index is 0.0989. The molecule has 0 unspecified atom stereocenters. The molecular formula is C11H16N2O3. The second kappa shape index (κ2) is 4.08. The summed E-state index contributed by atoms with van der Waals surface area (Å²) >= 11 is 0. The Labute approximate surface area is 94.3 Å². The lowest BCUT2D eigenvalue weighted by atomic mass is 9.92. The number of primary amides is 1. The van der Waals surface area contributed by atoms with Crippen LogP contribution in [0.5, 0.6) is 0 Å². The molecule has 0 radical (unpaired) electrons. The van der Waals surface area contributed by atoms with Gasteiger partial charge in [0.15, 0.2) is 0 Å². The number of rotatable bonds is 2. The van der Waals surface area contributed by atoms with E-state index in [1.165, 1.54) is 0 Å². The molecule has 1 aliphatic heterocycles. The molecule has 0 aromatic rings. The van der Waals surface area contributed by atoms with Gasteiger partial charge in [-0.05, 0) is 11.8 Å². The first-order chi connectivity index (χ1) is 7.29. The van der Waals surface area contributed by atoms with Crippen molar-refractivity contribution in [3.05, 3.63) is 11.1 Å². The van der Waals surface area contributed by atoms with Crippen LogP contribution in [0.2, 0.25) is 0 Å². The SMILES string of the molecule is CC(C)C1=C(C(C)C)C(=O)N(C(N)=O)C1=O. The number of carbonyl (C=O) groups excluding carboxylic acids is 3. The highest BCUT2D eigenvalue weighted by molar-refractivity contribution is 6.27. The van der Waals surface area contributed by atoms with Gasteiger partial charge in [-0.25, -0.2) is 4.79 Å². The Kier molecular flexibility index (Phi) is 3.16. The van der Waals surface area contributed by atoms with Gasteiger partial charge in [-0.15, -0.1) is 0 Å². The second-order valence-corrected chi connectivity index (χ2v) is 4.42. The predicted molar refractivity (Wildman–Crippen MR) is 58.1 cm³/mol. The van der Waals surface area contributed by atoms with Crippen molar-refractivity contribution in [3.63, 3.8) is 0 Å². The maximum Gasteiger partial charge on any atom is 0.328 e. The number of hydrogen-bond donors (Lipinski definition) is 1. The van der Waals surface area contributed by atoms with Crippen molar-refractivity contribution >= 4 is 17.8 Å². The third-order valence-corrected chi connectivity index (χ3v) is 2.53. The largest absolute Gasteiger partial charge is 0.351 e. The van der Waals surface area contributed by atoms with Crippen LogP contribution in [0, 0.1) is 11.8 Å². The Bertz CT molecular complexity index is 364. The van der Waals surface area contributed by atoms with E-state index in [2.05, 4.69) is 0 Å². The smallest absolute Gasteiger partial charge is 0.328 e. The summed E-state index contributed by atoms with van der Waals surface area (Å²) in [4.78, 5) is 35.3. The van der Waals surface area contributed by atoms with Crippen molar-refractivity contribution in [3.8, 4) is 0 Å². The van der Waals surface area contributed by atoms with E-state index in [9.17, 15) is 14.4 Å². The molecule has 5 heteroatoms. The molecule has 0 aromatic heterocycles. The zero-order valence-electron chi connectivity index (χ0n) is 9.90. The van der Waals surface area contributed by atoms with E-state index in [0.29, 0.717) is 16.0 Å².